The van der Waals surface area contributed by atoms with Crippen LogP contribution in [0.1, 0.15) is 15.6 Å². The summed E-state index contributed by atoms with van der Waals surface area (Å²) in [6.45, 7) is 2.36. The lowest BCUT2D eigenvalue weighted by molar-refractivity contribution is 0.297. The lowest BCUT2D eigenvalue weighted by atomic mass is 10.3. The third kappa shape index (κ3) is 3.27. The minimum absolute atomic E-state index is 0.0666. The van der Waals surface area contributed by atoms with Crippen molar-refractivity contribution in [3.63, 3.8) is 0 Å². The molecule has 0 spiro atoms. The van der Waals surface area contributed by atoms with Crippen LogP contribution in [0.15, 0.2) is 24.3 Å². The van der Waals surface area contributed by atoms with Crippen LogP contribution in [0.3, 0.4) is 0 Å². The Hall–Kier alpha value is -2.08. The molecule has 0 amide bonds. The van der Waals surface area contributed by atoms with E-state index in [-0.39, 0.29) is 5.84 Å². The van der Waals surface area contributed by atoms with Gasteiger partial charge < -0.3 is 15.2 Å². The van der Waals surface area contributed by atoms with Crippen molar-refractivity contribution < 1.29 is 9.47 Å². The van der Waals surface area contributed by atoms with Crippen molar-refractivity contribution in [1.82, 2.24) is 4.98 Å². The molecular formula is C14H17N3O2S. The maximum Gasteiger partial charge on any atom is 0.161 e. The maximum atomic E-state index is 7.45. The van der Waals surface area contributed by atoms with E-state index in [1.807, 2.05) is 31.2 Å². The highest BCUT2D eigenvalue weighted by atomic mass is 32.1. The number of para-hydroxylation sites is 2. The van der Waals surface area contributed by atoms with E-state index in [1.54, 1.807) is 7.11 Å². The van der Waals surface area contributed by atoms with Crippen molar-refractivity contribution in [2.45, 2.75) is 13.3 Å². The van der Waals surface area contributed by atoms with Gasteiger partial charge >= 0.3 is 0 Å². The Morgan fingerprint density at radius 1 is 1.35 bits per heavy atom. The fourth-order valence-corrected chi connectivity index (χ4v) is 2.70. The molecular weight excluding hydrogens is 274 g/mol. The summed E-state index contributed by atoms with van der Waals surface area (Å²) in [6, 6.07) is 7.53. The number of thiazole rings is 1. The number of benzene rings is 1. The van der Waals surface area contributed by atoms with E-state index in [9.17, 15) is 0 Å². The molecule has 2 rings (SSSR count). The number of rotatable bonds is 6. The molecule has 0 bridgehead atoms. The lowest BCUT2D eigenvalue weighted by Gasteiger charge is -2.09. The summed E-state index contributed by atoms with van der Waals surface area (Å²) in [6.07, 6.45) is 0.677. The molecule has 0 saturated carbocycles. The van der Waals surface area contributed by atoms with Crippen LogP contribution >= 0.6 is 11.3 Å². The van der Waals surface area contributed by atoms with Crippen LogP contribution in [-0.2, 0) is 6.42 Å². The summed E-state index contributed by atoms with van der Waals surface area (Å²) in [4.78, 5) is 5.13. The van der Waals surface area contributed by atoms with Gasteiger partial charge in [-0.25, -0.2) is 4.98 Å². The molecule has 6 heteroatoms. The van der Waals surface area contributed by atoms with Crippen LogP contribution < -0.4 is 15.2 Å². The van der Waals surface area contributed by atoms with Gasteiger partial charge in [0.05, 0.1) is 29.3 Å². The number of nitrogens with zero attached hydrogens (tertiary/aromatic N) is 1. The van der Waals surface area contributed by atoms with E-state index in [0.29, 0.717) is 18.8 Å². The topological polar surface area (TPSA) is 81.2 Å². The first-order valence-corrected chi connectivity index (χ1v) is 7.00. The highest BCUT2D eigenvalue weighted by molar-refractivity contribution is 7.13. The molecule has 0 aliphatic carbocycles. The number of aryl methyl sites for hydroxylation is 1. The van der Waals surface area contributed by atoms with Gasteiger partial charge in [-0.2, -0.15) is 0 Å². The van der Waals surface area contributed by atoms with E-state index < -0.39 is 0 Å². The molecule has 0 unspecified atom stereocenters. The van der Waals surface area contributed by atoms with E-state index >= 15 is 0 Å². The Labute approximate surface area is 121 Å². The van der Waals surface area contributed by atoms with E-state index in [2.05, 4.69) is 4.98 Å². The normalized spacial score (nSPS) is 10.3. The quantitative estimate of drug-likeness (QED) is 0.632. The molecule has 3 N–H and O–H groups in total. The first-order valence-electron chi connectivity index (χ1n) is 6.18. The number of methoxy groups -OCH3 is 1. The molecule has 1 aromatic heterocycles. The summed E-state index contributed by atoms with van der Waals surface area (Å²) in [5.41, 5.74) is 6.29. The van der Waals surface area contributed by atoms with Gasteiger partial charge in [-0.3, -0.25) is 5.41 Å². The van der Waals surface area contributed by atoms with Gasteiger partial charge in [-0.15, -0.1) is 11.3 Å². The number of aromatic nitrogens is 1. The van der Waals surface area contributed by atoms with Gasteiger partial charge in [0.25, 0.3) is 0 Å². The van der Waals surface area contributed by atoms with E-state index in [0.717, 1.165) is 21.3 Å². The zero-order valence-electron chi connectivity index (χ0n) is 11.5. The van der Waals surface area contributed by atoms with Crippen molar-refractivity contribution >= 4 is 17.2 Å². The fraction of sp³-hybridized carbons (Fsp3) is 0.286. The highest BCUT2D eigenvalue weighted by Gasteiger charge is 2.10. The fourth-order valence-electron chi connectivity index (χ4n) is 1.80. The Bertz CT molecular complexity index is 610. The zero-order chi connectivity index (χ0) is 14.5. The molecule has 0 fully saturated rings. The first kappa shape index (κ1) is 14.3. The Morgan fingerprint density at radius 2 is 2.05 bits per heavy atom. The zero-order valence-corrected chi connectivity index (χ0v) is 12.3. The van der Waals surface area contributed by atoms with E-state index in [1.165, 1.54) is 11.3 Å². The van der Waals surface area contributed by atoms with Gasteiger partial charge in [0.2, 0.25) is 0 Å². The molecule has 0 atom stereocenters. The van der Waals surface area contributed by atoms with E-state index in [4.69, 9.17) is 20.6 Å². The Balaban J connectivity index is 1.96. The van der Waals surface area contributed by atoms with Crippen molar-refractivity contribution in [2.75, 3.05) is 13.7 Å². The Kier molecular flexibility index (Phi) is 4.57. The highest BCUT2D eigenvalue weighted by Crippen LogP contribution is 2.26. The second-order valence-corrected chi connectivity index (χ2v) is 5.27. The Morgan fingerprint density at radius 3 is 2.65 bits per heavy atom. The number of nitrogens with two attached hydrogens (primary N) is 1. The minimum atomic E-state index is 0.0666. The third-order valence-electron chi connectivity index (χ3n) is 2.73. The van der Waals surface area contributed by atoms with Crippen molar-refractivity contribution in [3.05, 3.63) is 39.8 Å². The summed E-state index contributed by atoms with van der Waals surface area (Å²) < 4.78 is 10.9. The number of nitrogens with one attached hydrogen (secondary N) is 1. The molecule has 0 aliphatic heterocycles. The minimum Gasteiger partial charge on any atom is -0.493 e. The van der Waals surface area contributed by atoms with Gasteiger partial charge in [0, 0.05) is 6.42 Å². The van der Waals surface area contributed by atoms with Gasteiger partial charge in [-0.1, -0.05) is 12.1 Å². The van der Waals surface area contributed by atoms with Crippen LogP contribution in [0.2, 0.25) is 0 Å². The smallest absolute Gasteiger partial charge is 0.161 e. The van der Waals surface area contributed by atoms with Gasteiger partial charge in [0.1, 0.15) is 5.84 Å². The molecule has 2 aromatic rings. The average molecular weight is 291 g/mol. The van der Waals surface area contributed by atoms with Crippen LogP contribution in [0, 0.1) is 12.3 Å². The van der Waals surface area contributed by atoms with Crippen LogP contribution in [0.25, 0.3) is 0 Å². The molecule has 1 aromatic carbocycles. The number of amidine groups is 1. The number of hydrogen-bond donors (Lipinski definition) is 2. The van der Waals surface area contributed by atoms with Gasteiger partial charge in [-0.05, 0) is 19.1 Å². The maximum absolute atomic E-state index is 7.45. The summed E-state index contributed by atoms with van der Waals surface area (Å²) >= 11 is 1.44. The SMILES string of the molecule is COc1ccccc1OCCc1nc(C)c(C(=N)N)s1. The second-order valence-electron chi connectivity index (χ2n) is 4.19. The molecule has 0 aliphatic rings. The van der Waals surface area contributed by atoms with Crippen molar-refractivity contribution in [2.24, 2.45) is 5.73 Å². The molecule has 0 radical (unpaired) electrons. The van der Waals surface area contributed by atoms with Crippen LogP contribution in [0.5, 0.6) is 11.5 Å². The molecule has 106 valence electrons. The molecule has 0 saturated heterocycles. The lowest BCUT2D eigenvalue weighted by Crippen LogP contribution is -2.10. The van der Waals surface area contributed by atoms with Crippen LogP contribution in [0.4, 0.5) is 0 Å². The predicted molar refractivity (Wildman–Crippen MR) is 80.1 cm³/mol. The van der Waals surface area contributed by atoms with Crippen molar-refractivity contribution in [1.29, 1.82) is 5.41 Å². The first-order chi connectivity index (χ1) is 9.61. The summed E-state index contributed by atoms with van der Waals surface area (Å²) in [5.74, 6) is 1.50. The standard InChI is InChI=1S/C14H17N3O2S/c1-9-13(14(15)16)20-12(17-9)7-8-19-11-6-4-3-5-10(11)18-2/h3-6H,7-8H2,1-2H3,(H3,15,16). The summed E-state index contributed by atoms with van der Waals surface area (Å²) in [7, 11) is 1.62. The number of nitrogen functional groups attached to an aromatic ring is 1. The van der Waals surface area contributed by atoms with Crippen LogP contribution in [-0.4, -0.2) is 24.5 Å². The van der Waals surface area contributed by atoms with Gasteiger partial charge in [0.15, 0.2) is 11.5 Å². The van der Waals surface area contributed by atoms with Crippen molar-refractivity contribution in [3.8, 4) is 11.5 Å². The monoisotopic (exact) mass is 291 g/mol. The predicted octanol–water partition coefficient (Wildman–Crippen LogP) is 2.37. The third-order valence-corrected chi connectivity index (χ3v) is 3.98. The molecule has 20 heavy (non-hydrogen) atoms. The average Bonchev–Trinajstić information content (AvgIpc) is 2.80. The second kappa shape index (κ2) is 6.38. The summed E-state index contributed by atoms with van der Waals surface area (Å²) in [5, 5.41) is 8.37. The molecule has 1 heterocycles. The largest absolute Gasteiger partial charge is 0.493 e. The number of hydrogen-bond acceptors (Lipinski definition) is 5. The molecule has 5 nitrogen and oxygen atoms in total. The number of ether oxygens (including phenoxy) is 2.